The number of nitriles is 1. The van der Waals surface area contributed by atoms with Gasteiger partial charge in [-0.3, -0.25) is 0 Å². The standard InChI is InChI=1S/C13H17ClN2O/c1-4-10(8-15)9-16(2)13-6-5-11(17-3)7-12(13)14/h5-7,10H,4,9H2,1-3H3. The Morgan fingerprint density at radius 1 is 1.53 bits per heavy atom. The molecule has 17 heavy (non-hydrogen) atoms. The predicted molar refractivity (Wildman–Crippen MR) is 70.7 cm³/mol. The van der Waals surface area contributed by atoms with Gasteiger partial charge in [0.1, 0.15) is 5.75 Å². The van der Waals surface area contributed by atoms with Gasteiger partial charge in [0.15, 0.2) is 0 Å². The molecule has 0 bridgehead atoms. The molecule has 0 aliphatic heterocycles. The van der Waals surface area contributed by atoms with Gasteiger partial charge in [0, 0.05) is 19.7 Å². The Morgan fingerprint density at radius 3 is 2.71 bits per heavy atom. The molecule has 0 aliphatic rings. The molecule has 1 rings (SSSR count). The number of methoxy groups -OCH3 is 1. The minimum absolute atomic E-state index is 0.0261. The Hall–Kier alpha value is -1.40. The molecule has 0 aliphatic carbocycles. The molecule has 0 saturated heterocycles. The van der Waals surface area contributed by atoms with Gasteiger partial charge in [0.2, 0.25) is 0 Å². The number of hydrogen-bond donors (Lipinski definition) is 0. The first kappa shape index (κ1) is 13.7. The molecule has 4 heteroatoms. The third-order valence-corrected chi connectivity index (χ3v) is 3.04. The van der Waals surface area contributed by atoms with Crippen LogP contribution >= 0.6 is 11.6 Å². The second kappa shape index (κ2) is 6.36. The molecule has 3 nitrogen and oxygen atoms in total. The number of anilines is 1. The first-order valence-electron chi connectivity index (χ1n) is 5.56. The van der Waals surface area contributed by atoms with Crippen LogP contribution in [0.2, 0.25) is 5.02 Å². The van der Waals surface area contributed by atoms with E-state index in [-0.39, 0.29) is 5.92 Å². The minimum atomic E-state index is 0.0261. The zero-order chi connectivity index (χ0) is 12.8. The highest BCUT2D eigenvalue weighted by Gasteiger charge is 2.12. The quantitative estimate of drug-likeness (QED) is 0.807. The summed E-state index contributed by atoms with van der Waals surface area (Å²) < 4.78 is 5.10. The van der Waals surface area contributed by atoms with E-state index in [9.17, 15) is 0 Å². The van der Waals surface area contributed by atoms with Gasteiger partial charge < -0.3 is 9.64 Å². The fraction of sp³-hybridized carbons (Fsp3) is 0.462. The lowest BCUT2D eigenvalue weighted by molar-refractivity contribution is 0.415. The van der Waals surface area contributed by atoms with Crippen molar-refractivity contribution in [3.8, 4) is 11.8 Å². The van der Waals surface area contributed by atoms with E-state index in [2.05, 4.69) is 6.07 Å². The smallest absolute Gasteiger partial charge is 0.120 e. The number of rotatable bonds is 5. The molecule has 1 unspecified atom stereocenters. The monoisotopic (exact) mass is 252 g/mol. The van der Waals surface area contributed by atoms with Crippen LogP contribution in [0.3, 0.4) is 0 Å². The summed E-state index contributed by atoms with van der Waals surface area (Å²) in [4.78, 5) is 2.00. The fourth-order valence-corrected chi connectivity index (χ4v) is 1.93. The van der Waals surface area contributed by atoms with Crippen LogP contribution in [0.5, 0.6) is 5.75 Å². The molecule has 0 saturated carbocycles. The normalized spacial score (nSPS) is 11.7. The van der Waals surface area contributed by atoms with Crippen LogP contribution in [0.1, 0.15) is 13.3 Å². The van der Waals surface area contributed by atoms with E-state index in [4.69, 9.17) is 21.6 Å². The van der Waals surface area contributed by atoms with E-state index in [0.717, 1.165) is 17.9 Å². The van der Waals surface area contributed by atoms with Crippen molar-refractivity contribution in [2.45, 2.75) is 13.3 Å². The van der Waals surface area contributed by atoms with Crippen LogP contribution in [-0.2, 0) is 0 Å². The highest BCUT2D eigenvalue weighted by Crippen LogP contribution is 2.29. The van der Waals surface area contributed by atoms with Crippen molar-refractivity contribution in [2.24, 2.45) is 5.92 Å². The summed E-state index contributed by atoms with van der Waals surface area (Å²) in [6, 6.07) is 7.84. The maximum Gasteiger partial charge on any atom is 0.120 e. The Balaban J connectivity index is 2.82. The van der Waals surface area contributed by atoms with Crippen molar-refractivity contribution in [3.05, 3.63) is 23.2 Å². The second-order valence-corrected chi connectivity index (χ2v) is 4.34. The van der Waals surface area contributed by atoms with Crippen LogP contribution in [0, 0.1) is 17.2 Å². The molecular formula is C13H17ClN2O. The molecule has 0 radical (unpaired) electrons. The summed E-state index contributed by atoms with van der Waals surface area (Å²) >= 11 is 6.17. The van der Waals surface area contributed by atoms with Gasteiger partial charge >= 0.3 is 0 Å². The lowest BCUT2D eigenvalue weighted by atomic mass is 10.1. The van der Waals surface area contributed by atoms with Crippen LogP contribution in [0.4, 0.5) is 5.69 Å². The lowest BCUT2D eigenvalue weighted by Gasteiger charge is -2.22. The van der Waals surface area contributed by atoms with E-state index in [1.165, 1.54) is 0 Å². The summed E-state index contributed by atoms with van der Waals surface area (Å²) in [5.74, 6) is 0.762. The third-order valence-electron chi connectivity index (χ3n) is 2.74. The maximum absolute atomic E-state index is 8.94. The minimum Gasteiger partial charge on any atom is -0.497 e. The highest BCUT2D eigenvalue weighted by atomic mass is 35.5. The summed E-state index contributed by atoms with van der Waals surface area (Å²) in [6.45, 7) is 2.69. The number of nitrogens with zero attached hydrogens (tertiary/aromatic N) is 2. The number of ether oxygens (including phenoxy) is 1. The third kappa shape index (κ3) is 3.54. The Kier molecular flexibility index (Phi) is 5.11. The Labute approximate surface area is 108 Å². The fourth-order valence-electron chi connectivity index (χ4n) is 1.61. The van der Waals surface area contributed by atoms with Gasteiger partial charge in [-0.25, -0.2) is 0 Å². The summed E-state index contributed by atoms with van der Waals surface area (Å²) in [6.07, 6.45) is 0.842. The van der Waals surface area contributed by atoms with Crippen molar-refractivity contribution in [3.63, 3.8) is 0 Å². The van der Waals surface area contributed by atoms with Gasteiger partial charge in [-0.1, -0.05) is 18.5 Å². The SMILES string of the molecule is CCC(C#N)CN(C)c1ccc(OC)cc1Cl. The summed E-state index contributed by atoms with van der Waals surface area (Å²) in [7, 11) is 3.55. The molecule has 0 spiro atoms. The van der Waals surface area contributed by atoms with Crippen molar-refractivity contribution in [1.29, 1.82) is 5.26 Å². The van der Waals surface area contributed by atoms with E-state index >= 15 is 0 Å². The van der Waals surface area contributed by atoms with E-state index in [1.54, 1.807) is 13.2 Å². The van der Waals surface area contributed by atoms with E-state index < -0.39 is 0 Å². The van der Waals surface area contributed by atoms with E-state index in [0.29, 0.717) is 11.6 Å². The predicted octanol–water partition coefficient (Wildman–Crippen LogP) is 3.33. The Bertz CT molecular complexity index is 414. The second-order valence-electron chi connectivity index (χ2n) is 3.93. The van der Waals surface area contributed by atoms with Crippen LogP contribution in [-0.4, -0.2) is 20.7 Å². The summed E-state index contributed by atoms with van der Waals surface area (Å²) in [5.41, 5.74) is 0.918. The molecule has 0 amide bonds. The Morgan fingerprint density at radius 2 is 2.24 bits per heavy atom. The van der Waals surface area contributed by atoms with Gasteiger partial charge in [-0.2, -0.15) is 5.26 Å². The molecule has 1 atom stereocenters. The van der Waals surface area contributed by atoms with Crippen molar-refractivity contribution in [1.82, 2.24) is 0 Å². The number of halogens is 1. The largest absolute Gasteiger partial charge is 0.497 e. The molecular weight excluding hydrogens is 236 g/mol. The average Bonchev–Trinajstić information content (AvgIpc) is 2.35. The number of hydrogen-bond acceptors (Lipinski definition) is 3. The van der Waals surface area contributed by atoms with Crippen LogP contribution < -0.4 is 9.64 Å². The maximum atomic E-state index is 8.94. The zero-order valence-corrected chi connectivity index (χ0v) is 11.2. The first-order chi connectivity index (χ1) is 8.12. The molecule has 0 heterocycles. The van der Waals surface area contributed by atoms with Gasteiger partial charge in [-0.05, 0) is 18.6 Å². The van der Waals surface area contributed by atoms with Gasteiger partial charge in [-0.15, -0.1) is 0 Å². The van der Waals surface area contributed by atoms with Crippen LogP contribution in [0.25, 0.3) is 0 Å². The number of benzene rings is 1. The average molecular weight is 253 g/mol. The molecule has 1 aromatic rings. The molecule has 0 fully saturated rings. The zero-order valence-electron chi connectivity index (χ0n) is 10.4. The topological polar surface area (TPSA) is 36.3 Å². The first-order valence-corrected chi connectivity index (χ1v) is 5.94. The van der Waals surface area contributed by atoms with Crippen molar-refractivity contribution < 1.29 is 4.74 Å². The lowest BCUT2D eigenvalue weighted by Crippen LogP contribution is -2.24. The van der Waals surface area contributed by atoms with Gasteiger partial charge in [0.05, 0.1) is 29.8 Å². The van der Waals surface area contributed by atoms with Crippen molar-refractivity contribution >= 4 is 17.3 Å². The molecule has 0 aromatic heterocycles. The van der Waals surface area contributed by atoms with Gasteiger partial charge in [0.25, 0.3) is 0 Å². The molecule has 92 valence electrons. The van der Waals surface area contributed by atoms with Crippen LogP contribution in [0.15, 0.2) is 18.2 Å². The molecule has 1 aromatic carbocycles. The summed E-state index contributed by atoms with van der Waals surface area (Å²) in [5, 5.41) is 9.58. The van der Waals surface area contributed by atoms with Crippen molar-refractivity contribution in [2.75, 3.05) is 25.6 Å². The molecule has 0 N–H and O–H groups in total. The highest BCUT2D eigenvalue weighted by molar-refractivity contribution is 6.33. The van der Waals surface area contributed by atoms with E-state index in [1.807, 2.05) is 31.0 Å².